The summed E-state index contributed by atoms with van der Waals surface area (Å²) in [6.45, 7) is 3.00. The van der Waals surface area contributed by atoms with Gasteiger partial charge >= 0.3 is 0 Å². The van der Waals surface area contributed by atoms with E-state index in [-0.39, 0.29) is 0 Å². The second kappa shape index (κ2) is 7.54. The van der Waals surface area contributed by atoms with Crippen molar-refractivity contribution in [1.29, 1.82) is 0 Å². The predicted octanol–water partition coefficient (Wildman–Crippen LogP) is 4.51. The number of sulfonamides is 1. The standard InChI is InChI=1S/C21H22N2O2S2/c1-2-6-16-9-11-18(12-10-16)27(24,25)23-14-13-19-20(15-23)26-21(22-19)17-7-4-3-5-8-17/h3-5,7-12H,2,6,13-15H2,1H3. The van der Waals surface area contributed by atoms with Crippen molar-refractivity contribution < 1.29 is 8.42 Å². The summed E-state index contributed by atoms with van der Waals surface area (Å²) < 4.78 is 27.7. The lowest BCUT2D eigenvalue weighted by Crippen LogP contribution is -2.35. The van der Waals surface area contributed by atoms with Crippen LogP contribution in [0, 0.1) is 0 Å². The van der Waals surface area contributed by atoms with Crippen LogP contribution in [0.15, 0.2) is 59.5 Å². The Labute approximate surface area is 164 Å². The van der Waals surface area contributed by atoms with Gasteiger partial charge in [-0.1, -0.05) is 55.8 Å². The Hall–Kier alpha value is -2.02. The van der Waals surface area contributed by atoms with Gasteiger partial charge in [-0.15, -0.1) is 11.3 Å². The van der Waals surface area contributed by atoms with E-state index in [0.29, 0.717) is 24.4 Å². The molecule has 0 unspecified atom stereocenters. The van der Waals surface area contributed by atoms with Crippen LogP contribution in [0.5, 0.6) is 0 Å². The summed E-state index contributed by atoms with van der Waals surface area (Å²) in [5.41, 5.74) is 3.29. The maximum absolute atomic E-state index is 13.1. The average Bonchev–Trinajstić information content (AvgIpc) is 3.13. The summed E-state index contributed by atoms with van der Waals surface area (Å²) in [5, 5.41) is 0.962. The molecule has 27 heavy (non-hydrogen) atoms. The molecule has 6 heteroatoms. The molecule has 140 valence electrons. The highest BCUT2D eigenvalue weighted by Crippen LogP contribution is 2.33. The number of rotatable bonds is 5. The molecule has 0 atom stereocenters. The lowest BCUT2D eigenvalue weighted by atomic mass is 10.1. The maximum Gasteiger partial charge on any atom is 0.243 e. The lowest BCUT2D eigenvalue weighted by molar-refractivity contribution is 0.393. The Morgan fingerprint density at radius 1 is 1.07 bits per heavy atom. The van der Waals surface area contributed by atoms with Crippen LogP contribution < -0.4 is 0 Å². The second-order valence-electron chi connectivity index (χ2n) is 6.74. The van der Waals surface area contributed by atoms with E-state index < -0.39 is 10.0 Å². The topological polar surface area (TPSA) is 50.3 Å². The van der Waals surface area contributed by atoms with E-state index in [9.17, 15) is 8.42 Å². The van der Waals surface area contributed by atoms with Crippen molar-refractivity contribution in [2.24, 2.45) is 0 Å². The summed E-state index contributed by atoms with van der Waals surface area (Å²) in [5.74, 6) is 0. The number of benzene rings is 2. The van der Waals surface area contributed by atoms with Gasteiger partial charge in [-0.2, -0.15) is 4.31 Å². The Morgan fingerprint density at radius 2 is 1.81 bits per heavy atom. The molecule has 0 bridgehead atoms. The molecule has 2 aromatic carbocycles. The third-order valence-electron chi connectivity index (χ3n) is 4.82. The van der Waals surface area contributed by atoms with Gasteiger partial charge in [0.15, 0.2) is 0 Å². The molecule has 0 amide bonds. The van der Waals surface area contributed by atoms with Crippen molar-refractivity contribution in [3.63, 3.8) is 0 Å². The highest BCUT2D eigenvalue weighted by atomic mass is 32.2. The van der Waals surface area contributed by atoms with E-state index in [1.807, 2.05) is 42.5 Å². The zero-order valence-corrected chi connectivity index (χ0v) is 16.9. The number of thiazole rings is 1. The smallest absolute Gasteiger partial charge is 0.241 e. The van der Waals surface area contributed by atoms with Gasteiger partial charge in [0.25, 0.3) is 0 Å². The molecule has 1 aliphatic heterocycles. The number of aryl methyl sites for hydroxylation is 1. The van der Waals surface area contributed by atoms with Crippen LogP contribution in [0.1, 0.15) is 29.5 Å². The Morgan fingerprint density at radius 3 is 2.52 bits per heavy atom. The number of hydrogen-bond acceptors (Lipinski definition) is 4. The predicted molar refractivity (Wildman–Crippen MR) is 109 cm³/mol. The number of nitrogens with zero attached hydrogens (tertiary/aromatic N) is 2. The van der Waals surface area contributed by atoms with Gasteiger partial charge in [-0.05, 0) is 24.1 Å². The molecule has 0 saturated carbocycles. The van der Waals surface area contributed by atoms with E-state index in [1.54, 1.807) is 27.8 Å². The molecule has 1 aromatic heterocycles. The van der Waals surface area contributed by atoms with Crippen molar-refractivity contribution >= 4 is 21.4 Å². The monoisotopic (exact) mass is 398 g/mol. The first-order chi connectivity index (χ1) is 13.1. The van der Waals surface area contributed by atoms with Crippen molar-refractivity contribution in [3.05, 3.63) is 70.7 Å². The first-order valence-electron chi connectivity index (χ1n) is 9.21. The van der Waals surface area contributed by atoms with Crippen molar-refractivity contribution in [2.75, 3.05) is 6.54 Å². The van der Waals surface area contributed by atoms with Crippen molar-refractivity contribution in [2.45, 2.75) is 37.6 Å². The van der Waals surface area contributed by atoms with E-state index in [1.165, 1.54) is 5.56 Å². The highest BCUT2D eigenvalue weighted by Gasteiger charge is 2.30. The molecule has 0 aliphatic carbocycles. The molecule has 0 spiro atoms. The normalized spacial score (nSPS) is 14.9. The fourth-order valence-electron chi connectivity index (χ4n) is 3.35. The van der Waals surface area contributed by atoms with Crippen molar-refractivity contribution in [3.8, 4) is 10.6 Å². The van der Waals surface area contributed by atoms with Crippen LogP contribution in [0.3, 0.4) is 0 Å². The summed E-state index contributed by atoms with van der Waals surface area (Å²) in [6, 6.07) is 17.4. The summed E-state index contributed by atoms with van der Waals surface area (Å²) >= 11 is 1.60. The molecular formula is C21H22N2O2S2. The molecular weight excluding hydrogens is 376 g/mol. The average molecular weight is 399 g/mol. The second-order valence-corrected chi connectivity index (χ2v) is 9.76. The minimum atomic E-state index is -3.48. The van der Waals surface area contributed by atoms with E-state index >= 15 is 0 Å². The van der Waals surface area contributed by atoms with Crippen LogP contribution in [0.2, 0.25) is 0 Å². The van der Waals surface area contributed by atoms with Gasteiger partial charge in [0.2, 0.25) is 10.0 Å². The van der Waals surface area contributed by atoms with Gasteiger partial charge in [0.1, 0.15) is 5.01 Å². The van der Waals surface area contributed by atoms with Gasteiger partial charge in [0.05, 0.1) is 17.1 Å². The number of fused-ring (bicyclic) bond motifs is 1. The van der Waals surface area contributed by atoms with E-state index in [4.69, 9.17) is 4.98 Å². The Balaban J connectivity index is 1.57. The van der Waals surface area contributed by atoms with Gasteiger partial charge in [-0.25, -0.2) is 13.4 Å². The van der Waals surface area contributed by atoms with Crippen LogP contribution in [0.25, 0.3) is 10.6 Å². The minimum Gasteiger partial charge on any atom is -0.241 e. The minimum absolute atomic E-state index is 0.374. The molecule has 1 aliphatic rings. The molecule has 3 aromatic rings. The van der Waals surface area contributed by atoms with Crippen LogP contribution in [-0.4, -0.2) is 24.3 Å². The van der Waals surface area contributed by atoms with Crippen LogP contribution >= 0.6 is 11.3 Å². The molecule has 2 heterocycles. The zero-order chi connectivity index (χ0) is 18.9. The zero-order valence-electron chi connectivity index (χ0n) is 15.3. The fraction of sp³-hybridized carbons (Fsp3) is 0.286. The number of hydrogen-bond donors (Lipinski definition) is 0. The SMILES string of the molecule is CCCc1ccc(S(=O)(=O)N2CCc3nc(-c4ccccc4)sc3C2)cc1. The lowest BCUT2D eigenvalue weighted by Gasteiger charge is -2.25. The van der Waals surface area contributed by atoms with Crippen LogP contribution in [0.4, 0.5) is 0 Å². The highest BCUT2D eigenvalue weighted by molar-refractivity contribution is 7.89. The summed E-state index contributed by atoms with van der Waals surface area (Å²) in [7, 11) is -3.48. The van der Waals surface area contributed by atoms with Gasteiger partial charge < -0.3 is 0 Å². The third-order valence-corrected chi connectivity index (χ3v) is 7.81. The molecule has 0 radical (unpaired) electrons. The number of aromatic nitrogens is 1. The van der Waals surface area contributed by atoms with Crippen LogP contribution in [-0.2, 0) is 29.4 Å². The summed E-state index contributed by atoms with van der Waals surface area (Å²) in [6.07, 6.45) is 2.68. The molecule has 4 nitrogen and oxygen atoms in total. The van der Waals surface area contributed by atoms with Gasteiger partial charge in [0, 0.05) is 23.4 Å². The first kappa shape index (κ1) is 18.3. The molecule has 0 saturated heterocycles. The maximum atomic E-state index is 13.1. The van der Waals surface area contributed by atoms with E-state index in [0.717, 1.165) is 34.0 Å². The van der Waals surface area contributed by atoms with E-state index in [2.05, 4.69) is 6.92 Å². The Bertz CT molecular complexity index is 1030. The molecule has 0 fully saturated rings. The quantitative estimate of drug-likeness (QED) is 0.635. The van der Waals surface area contributed by atoms with Gasteiger partial charge in [-0.3, -0.25) is 0 Å². The third kappa shape index (κ3) is 3.70. The Kier molecular flexibility index (Phi) is 5.12. The largest absolute Gasteiger partial charge is 0.243 e. The summed E-state index contributed by atoms with van der Waals surface area (Å²) in [4.78, 5) is 6.16. The molecule has 4 rings (SSSR count). The fourth-order valence-corrected chi connectivity index (χ4v) is 5.97. The van der Waals surface area contributed by atoms with Crippen molar-refractivity contribution in [1.82, 2.24) is 9.29 Å². The first-order valence-corrected chi connectivity index (χ1v) is 11.5. The molecule has 0 N–H and O–H groups in total.